The lowest BCUT2D eigenvalue weighted by Gasteiger charge is -2.48. The number of hydrogen-bond donors (Lipinski definition) is 0. The lowest BCUT2D eigenvalue weighted by Crippen LogP contribution is -2.43. The molecule has 0 saturated carbocycles. The predicted molar refractivity (Wildman–Crippen MR) is 273 cm³/mol. The third kappa shape index (κ3) is 4.65. The maximum atomic E-state index is 5.46. The number of hydrogen-bond acceptors (Lipinski definition) is 2. The largest absolute Gasteiger partial charge is 0.278 e. The van der Waals surface area contributed by atoms with E-state index in [1.54, 1.807) is 0 Å². The van der Waals surface area contributed by atoms with Crippen LogP contribution in [0.2, 0.25) is 0 Å². The molecule has 310 valence electrons. The fourth-order valence-corrected chi connectivity index (χ4v) is 12.8. The molecular formula is C64H39N3. The van der Waals surface area contributed by atoms with Crippen molar-refractivity contribution in [3.8, 4) is 50.7 Å². The van der Waals surface area contributed by atoms with Crippen molar-refractivity contribution in [2.75, 3.05) is 0 Å². The Labute approximate surface area is 388 Å². The monoisotopic (exact) mass is 849 g/mol. The van der Waals surface area contributed by atoms with E-state index in [2.05, 4.69) is 241 Å². The molecular weight excluding hydrogens is 811 g/mol. The summed E-state index contributed by atoms with van der Waals surface area (Å²) >= 11 is 0. The van der Waals surface area contributed by atoms with Crippen LogP contribution in [0.25, 0.3) is 83.3 Å². The smallest absolute Gasteiger partial charge is 0.235 e. The highest BCUT2D eigenvalue weighted by molar-refractivity contribution is 6.22. The number of rotatable bonds is 3. The Morgan fingerprint density at radius 2 is 0.731 bits per heavy atom. The van der Waals surface area contributed by atoms with Crippen LogP contribution >= 0.6 is 0 Å². The van der Waals surface area contributed by atoms with E-state index in [0.29, 0.717) is 5.95 Å². The van der Waals surface area contributed by atoms with E-state index in [0.717, 1.165) is 33.5 Å². The minimum Gasteiger partial charge on any atom is -0.278 e. The zero-order chi connectivity index (χ0) is 43.8. The van der Waals surface area contributed by atoms with Crippen LogP contribution in [-0.2, 0) is 10.8 Å². The van der Waals surface area contributed by atoms with Gasteiger partial charge in [-0.05, 0) is 102 Å². The Hall–Kier alpha value is -8.66. The van der Waals surface area contributed by atoms with Crippen molar-refractivity contribution in [1.29, 1.82) is 0 Å². The molecule has 0 atom stereocenters. The Bertz CT molecular complexity index is 3900. The molecule has 67 heavy (non-hydrogen) atoms. The van der Waals surface area contributed by atoms with Crippen molar-refractivity contribution in [2.45, 2.75) is 10.8 Å². The first-order valence-corrected chi connectivity index (χ1v) is 23.2. The second-order valence-electron chi connectivity index (χ2n) is 18.3. The van der Waals surface area contributed by atoms with Crippen molar-refractivity contribution in [1.82, 2.24) is 14.5 Å². The van der Waals surface area contributed by atoms with Crippen molar-refractivity contribution in [3.05, 3.63) is 281 Å². The van der Waals surface area contributed by atoms with E-state index < -0.39 is 10.8 Å². The summed E-state index contributed by atoms with van der Waals surface area (Å²) in [5, 5.41) is 4.78. The Balaban J connectivity index is 1.09. The van der Waals surface area contributed by atoms with E-state index in [4.69, 9.17) is 9.97 Å². The summed E-state index contributed by atoms with van der Waals surface area (Å²) in [6, 6.07) is 87.6. The first-order valence-electron chi connectivity index (χ1n) is 23.2. The summed E-state index contributed by atoms with van der Waals surface area (Å²) in [7, 11) is 0. The molecule has 0 amide bonds. The van der Waals surface area contributed by atoms with Crippen LogP contribution in [0.5, 0.6) is 0 Å². The van der Waals surface area contributed by atoms with Gasteiger partial charge in [-0.25, -0.2) is 9.97 Å². The second-order valence-corrected chi connectivity index (χ2v) is 18.3. The average molecular weight is 850 g/mol. The summed E-state index contributed by atoms with van der Waals surface area (Å²) in [6.45, 7) is 0. The van der Waals surface area contributed by atoms with Crippen LogP contribution < -0.4 is 0 Å². The third-order valence-corrected chi connectivity index (χ3v) is 15.3. The summed E-state index contributed by atoms with van der Waals surface area (Å²) in [5.74, 6) is 0.644. The van der Waals surface area contributed by atoms with Crippen LogP contribution in [0, 0.1) is 0 Å². The molecule has 0 fully saturated rings. The lowest BCUT2D eigenvalue weighted by molar-refractivity contribution is 0.633. The minimum absolute atomic E-state index is 0.503. The van der Waals surface area contributed by atoms with Gasteiger partial charge in [0.1, 0.15) is 0 Å². The second kappa shape index (κ2) is 13.4. The van der Waals surface area contributed by atoms with E-state index in [9.17, 15) is 0 Å². The molecule has 3 aliphatic carbocycles. The maximum Gasteiger partial charge on any atom is 0.235 e. The van der Waals surface area contributed by atoms with Crippen LogP contribution in [0.15, 0.2) is 237 Å². The highest BCUT2D eigenvalue weighted by atomic mass is 15.2. The molecule has 0 aliphatic heterocycles. The molecule has 2 heterocycles. The highest BCUT2D eigenvalue weighted by Gasteiger charge is 2.59. The van der Waals surface area contributed by atoms with Gasteiger partial charge in [0.2, 0.25) is 5.95 Å². The molecule has 2 spiro atoms. The number of benzene rings is 10. The first-order chi connectivity index (χ1) is 33.2. The van der Waals surface area contributed by atoms with Gasteiger partial charge in [-0.2, -0.15) is 0 Å². The SMILES string of the molecule is c1ccc(-c2cc(-c3ccccc3)nc(-n3c4cc5c(cc4c4c6ccccc6ccc43)C3(c4ccccc4-5)c4ccccc4C4(c5ccccc5-c5ccccc54)c4ccccc43)n2)cc1. The molecule has 3 heteroatoms. The van der Waals surface area contributed by atoms with Crippen LogP contribution in [0.4, 0.5) is 0 Å². The van der Waals surface area contributed by atoms with Crippen molar-refractivity contribution >= 4 is 32.6 Å². The van der Waals surface area contributed by atoms with Gasteiger partial charge < -0.3 is 0 Å². The van der Waals surface area contributed by atoms with Crippen LogP contribution in [0.3, 0.4) is 0 Å². The van der Waals surface area contributed by atoms with Crippen molar-refractivity contribution in [3.63, 3.8) is 0 Å². The normalized spacial score (nSPS) is 14.2. The topological polar surface area (TPSA) is 30.7 Å². The van der Waals surface area contributed by atoms with Gasteiger partial charge in [0.25, 0.3) is 0 Å². The lowest BCUT2D eigenvalue weighted by atomic mass is 9.52. The molecule has 0 saturated heterocycles. The van der Waals surface area contributed by atoms with Crippen molar-refractivity contribution < 1.29 is 0 Å². The molecule has 10 aromatic carbocycles. The van der Waals surface area contributed by atoms with Gasteiger partial charge in [-0.3, -0.25) is 4.57 Å². The van der Waals surface area contributed by atoms with Gasteiger partial charge >= 0.3 is 0 Å². The quantitative estimate of drug-likeness (QED) is 0.177. The Kier molecular flexibility index (Phi) is 7.36. The first kappa shape index (κ1) is 36.7. The molecule has 0 radical (unpaired) electrons. The van der Waals surface area contributed by atoms with E-state index >= 15 is 0 Å². The Morgan fingerprint density at radius 3 is 1.27 bits per heavy atom. The predicted octanol–water partition coefficient (Wildman–Crippen LogP) is 15.1. The van der Waals surface area contributed by atoms with Crippen LogP contribution in [0.1, 0.15) is 44.5 Å². The number of nitrogens with zero attached hydrogens (tertiary/aromatic N) is 3. The molecule has 0 unspecified atom stereocenters. The van der Waals surface area contributed by atoms with Crippen LogP contribution in [-0.4, -0.2) is 14.5 Å². The summed E-state index contributed by atoms with van der Waals surface area (Å²) in [6.07, 6.45) is 0. The van der Waals surface area contributed by atoms with Gasteiger partial charge in [0.15, 0.2) is 0 Å². The highest BCUT2D eigenvalue weighted by Crippen LogP contribution is 2.67. The molecule has 3 nitrogen and oxygen atoms in total. The number of fused-ring (bicyclic) bond motifs is 21. The fourth-order valence-electron chi connectivity index (χ4n) is 12.8. The minimum atomic E-state index is -0.617. The molecule has 2 aromatic heterocycles. The average Bonchev–Trinajstić information content (AvgIpc) is 4.00. The zero-order valence-corrected chi connectivity index (χ0v) is 36.4. The Morgan fingerprint density at radius 1 is 0.299 bits per heavy atom. The summed E-state index contributed by atoms with van der Waals surface area (Å²) < 4.78 is 2.33. The molecule has 3 aliphatic rings. The summed E-state index contributed by atoms with van der Waals surface area (Å²) in [4.78, 5) is 10.9. The van der Waals surface area contributed by atoms with E-state index in [-0.39, 0.29) is 0 Å². The van der Waals surface area contributed by atoms with Gasteiger partial charge in [0.05, 0.1) is 33.3 Å². The maximum absolute atomic E-state index is 5.46. The fraction of sp³-hybridized carbons (Fsp3) is 0.0312. The van der Waals surface area contributed by atoms with Gasteiger partial charge in [0, 0.05) is 21.9 Å². The molecule has 15 rings (SSSR count). The van der Waals surface area contributed by atoms with E-state index in [1.165, 1.54) is 88.3 Å². The van der Waals surface area contributed by atoms with Crippen molar-refractivity contribution in [2.24, 2.45) is 0 Å². The van der Waals surface area contributed by atoms with E-state index in [1.807, 2.05) is 0 Å². The van der Waals surface area contributed by atoms with Gasteiger partial charge in [-0.15, -0.1) is 0 Å². The number of aromatic nitrogens is 3. The zero-order valence-electron chi connectivity index (χ0n) is 36.4. The standard InChI is InChI=1S/C64H39N3/c1-3-20-41(21-4-1)57-39-58(42-22-5-2-6-23-42)66-62(65-57)67-59-36-35-40-19-7-8-24-43(40)61(59)48-37-56-47(38-60(48)67)46-27-11-14-30-51(46)64(56)54-33-17-15-31-52(54)63(53-32-16-18-34-55(53)64)49-28-12-9-25-44(49)45-26-10-13-29-50(45)63/h1-39H. The molecule has 0 bridgehead atoms. The summed E-state index contributed by atoms with van der Waals surface area (Å²) in [5.41, 5.74) is 20.6. The van der Waals surface area contributed by atoms with Gasteiger partial charge in [-0.1, -0.05) is 212 Å². The molecule has 12 aromatic rings. The third-order valence-electron chi connectivity index (χ3n) is 15.3. The molecule has 0 N–H and O–H groups in total.